The number of fused-ring (bicyclic) bond motifs is 2. The molecule has 0 bridgehead atoms. The maximum absolute atomic E-state index is 5.69. The highest BCUT2D eigenvalue weighted by atomic mass is 16.5. The summed E-state index contributed by atoms with van der Waals surface area (Å²) >= 11 is 0. The summed E-state index contributed by atoms with van der Waals surface area (Å²) in [4.78, 5) is 2.52. The molecule has 0 amide bonds. The van der Waals surface area contributed by atoms with Crippen LogP contribution < -0.4 is 9.47 Å². The molecule has 5 nitrogen and oxygen atoms in total. The van der Waals surface area contributed by atoms with Gasteiger partial charge in [0.05, 0.1) is 20.3 Å². The fraction of sp³-hybridized carbons (Fsp3) is 0.400. The van der Waals surface area contributed by atoms with Crippen molar-refractivity contribution >= 4 is 0 Å². The van der Waals surface area contributed by atoms with Gasteiger partial charge in [-0.05, 0) is 54.5 Å². The molecule has 1 aliphatic heterocycles. The number of methoxy groups -OCH3 is 2. The monoisotopic (exact) mass is 404 g/mol. The van der Waals surface area contributed by atoms with E-state index >= 15 is 0 Å². The predicted octanol–water partition coefficient (Wildman–Crippen LogP) is 4.72. The average molecular weight is 405 g/mol. The van der Waals surface area contributed by atoms with Crippen molar-refractivity contribution in [1.29, 1.82) is 0 Å². The van der Waals surface area contributed by atoms with Crippen molar-refractivity contribution in [3.63, 3.8) is 0 Å². The Morgan fingerprint density at radius 2 is 1.77 bits per heavy atom. The third kappa shape index (κ3) is 3.37. The van der Waals surface area contributed by atoms with Gasteiger partial charge in [0.25, 0.3) is 0 Å². The second-order valence-corrected chi connectivity index (χ2v) is 8.18. The number of ether oxygens (including phenoxy) is 2. The topological polar surface area (TPSA) is 47.7 Å². The molecule has 3 aromatic rings. The van der Waals surface area contributed by atoms with Gasteiger partial charge in [-0.1, -0.05) is 35.5 Å². The van der Waals surface area contributed by atoms with Gasteiger partial charge in [-0.3, -0.25) is 4.90 Å². The second-order valence-electron chi connectivity index (χ2n) is 8.18. The van der Waals surface area contributed by atoms with Crippen molar-refractivity contribution < 1.29 is 14.0 Å². The van der Waals surface area contributed by atoms with Crippen molar-refractivity contribution in [2.24, 2.45) is 0 Å². The minimum absolute atomic E-state index is 0.144. The molecule has 0 radical (unpaired) electrons. The Hall–Kier alpha value is -2.79. The molecule has 5 rings (SSSR count). The van der Waals surface area contributed by atoms with Crippen molar-refractivity contribution in [2.45, 2.75) is 44.7 Å². The van der Waals surface area contributed by atoms with Gasteiger partial charge in [0.2, 0.25) is 0 Å². The number of aryl methyl sites for hydroxylation is 1. The molecular formula is C25H28N2O3. The molecule has 0 saturated carbocycles. The number of hydrogen-bond donors (Lipinski definition) is 0. The molecule has 1 unspecified atom stereocenters. The summed E-state index contributed by atoms with van der Waals surface area (Å²) in [6.07, 6.45) is 5.50. The quantitative estimate of drug-likeness (QED) is 0.616. The molecule has 0 N–H and O–H groups in total. The van der Waals surface area contributed by atoms with E-state index in [2.05, 4.69) is 52.5 Å². The lowest BCUT2D eigenvalue weighted by Crippen LogP contribution is -2.36. The predicted molar refractivity (Wildman–Crippen MR) is 115 cm³/mol. The summed E-state index contributed by atoms with van der Waals surface area (Å²) in [5.74, 6) is 2.66. The van der Waals surface area contributed by atoms with E-state index in [-0.39, 0.29) is 6.04 Å². The van der Waals surface area contributed by atoms with Gasteiger partial charge in [-0.25, -0.2) is 0 Å². The van der Waals surface area contributed by atoms with Crippen LogP contribution in [0, 0.1) is 0 Å². The summed E-state index contributed by atoms with van der Waals surface area (Å²) < 4.78 is 16.9. The zero-order valence-electron chi connectivity index (χ0n) is 17.7. The molecule has 2 aromatic carbocycles. The molecule has 0 fully saturated rings. The van der Waals surface area contributed by atoms with Gasteiger partial charge < -0.3 is 14.0 Å². The molecule has 5 heteroatoms. The normalized spacial score (nSPS) is 18.5. The highest BCUT2D eigenvalue weighted by Crippen LogP contribution is 2.41. The first-order chi connectivity index (χ1) is 14.8. The van der Waals surface area contributed by atoms with Crippen LogP contribution in [0.4, 0.5) is 0 Å². The van der Waals surface area contributed by atoms with E-state index in [1.54, 1.807) is 14.2 Å². The van der Waals surface area contributed by atoms with Crippen molar-refractivity contribution in [2.75, 3.05) is 20.8 Å². The fourth-order valence-electron chi connectivity index (χ4n) is 4.96. The zero-order valence-corrected chi connectivity index (χ0v) is 17.7. The Balaban J connectivity index is 1.56. The Bertz CT molecular complexity index is 1030. The van der Waals surface area contributed by atoms with Crippen molar-refractivity contribution in [3.05, 3.63) is 76.2 Å². The number of benzene rings is 2. The molecule has 1 aromatic heterocycles. The summed E-state index contributed by atoms with van der Waals surface area (Å²) in [5.41, 5.74) is 6.33. The third-order valence-electron chi connectivity index (χ3n) is 6.47. The van der Waals surface area contributed by atoms with Crippen LogP contribution in [0.3, 0.4) is 0 Å². The molecule has 2 aliphatic rings. The number of aromatic nitrogens is 1. The van der Waals surface area contributed by atoms with Crippen LogP contribution in [0.25, 0.3) is 0 Å². The van der Waals surface area contributed by atoms with Crippen molar-refractivity contribution in [1.82, 2.24) is 10.1 Å². The van der Waals surface area contributed by atoms with E-state index < -0.39 is 0 Å². The first kappa shape index (κ1) is 19.2. The molecule has 156 valence electrons. The molecule has 30 heavy (non-hydrogen) atoms. The summed E-state index contributed by atoms with van der Waals surface area (Å²) in [7, 11) is 3.39. The minimum atomic E-state index is 0.144. The van der Waals surface area contributed by atoms with E-state index in [0.29, 0.717) is 0 Å². The van der Waals surface area contributed by atoms with E-state index in [9.17, 15) is 0 Å². The van der Waals surface area contributed by atoms with Gasteiger partial charge in [0, 0.05) is 25.1 Å². The smallest absolute Gasteiger partial charge is 0.161 e. The highest BCUT2D eigenvalue weighted by Gasteiger charge is 2.32. The standard InChI is InChI=1S/C25H28N2O3/c1-28-23-14-18-12-13-27(16-21-19-10-6-7-11-22(19)30-26-21)25(17-8-4-3-5-9-17)20(18)15-24(23)29-2/h3-5,8-9,14-15,25H,6-7,10-13,16H2,1-2H3. The summed E-state index contributed by atoms with van der Waals surface area (Å²) in [6.45, 7) is 1.76. The lowest BCUT2D eigenvalue weighted by atomic mass is 9.87. The lowest BCUT2D eigenvalue weighted by molar-refractivity contribution is 0.197. The van der Waals surface area contributed by atoms with Crippen molar-refractivity contribution in [3.8, 4) is 11.5 Å². The molecule has 1 aliphatic carbocycles. The molecule has 0 saturated heterocycles. The number of nitrogens with zero attached hydrogens (tertiary/aromatic N) is 2. The highest BCUT2D eigenvalue weighted by molar-refractivity contribution is 5.51. The van der Waals surface area contributed by atoms with Crippen LogP contribution in [-0.4, -0.2) is 30.8 Å². The Morgan fingerprint density at radius 3 is 2.57 bits per heavy atom. The largest absolute Gasteiger partial charge is 0.493 e. The fourth-order valence-corrected chi connectivity index (χ4v) is 4.96. The number of rotatable bonds is 5. The van der Waals surface area contributed by atoms with Crippen LogP contribution in [0.5, 0.6) is 11.5 Å². The van der Waals surface area contributed by atoms with Crippen LogP contribution in [0.2, 0.25) is 0 Å². The minimum Gasteiger partial charge on any atom is -0.493 e. The van der Waals surface area contributed by atoms with Crippen LogP contribution in [0.15, 0.2) is 47.0 Å². The van der Waals surface area contributed by atoms with Gasteiger partial charge in [0.15, 0.2) is 11.5 Å². The first-order valence-electron chi connectivity index (χ1n) is 10.8. The van der Waals surface area contributed by atoms with Crippen LogP contribution in [0.1, 0.15) is 52.6 Å². The van der Waals surface area contributed by atoms with Gasteiger partial charge in [-0.15, -0.1) is 0 Å². The van der Waals surface area contributed by atoms with E-state index in [0.717, 1.165) is 55.3 Å². The number of hydrogen-bond acceptors (Lipinski definition) is 5. The van der Waals surface area contributed by atoms with Crippen LogP contribution >= 0.6 is 0 Å². The maximum atomic E-state index is 5.69. The van der Waals surface area contributed by atoms with E-state index in [4.69, 9.17) is 14.0 Å². The molecule has 1 atom stereocenters. The van der Waals surface area contributed by atoms with Gasteiger partial charge in [-0.2, -0.15) is 0 Å². The van der Waals surface area contributed by atoms with E-state index in [1.165, 1.54) is 35.1 Å². The molecule has 2 heterocycles. The van der Waals surface area contributed by atoms with Crippen LogP contribution in [-0.2, 0) is 25.8 Å². The lowest BCUT2D eigenvalue weighted by Gasteiger charge is -2.38. The summed E-state index contributed by atoms with van der Waals surface area (Å²) in [6, 6.07) is 15.1. The summed E-state index contributed by atoms with van der Waals surface area (Å²) in [5, 5.41) is 4.48. The maximum Gasteiger partial charge on any atom is 0.161 e. The van der Waals surface area contributed by atoms with Gasteiger partial charge >= 0.3 is 0 Å². The Labute approximate surface area is 177 Å². The van der Waals surface area contributed by atoms with Gasteiger partial charge in [0.1, 0.15) is 11.5 Å². The molecular weight excluding hydrogens is 376 g/mol. The third-order valence-corrected chi connectivity index (χ3v) is 6.47. The second kappa shape index (κ2) is 8.15. The Kier molecular flexibility index (Phi) is 5.21. The zero-order chi connectivity index (χ0) is 20.5. The first-order valence-corrected chi connectivity index (χ1v) is 10.8. The SMILES string of the molecule is COc1cc2c(cc1OC)C(c1ccccc1)N(Cc1noc3c1CCCC3)CC2. The van der Waals surface area contributed by atoms with E-state index in [1.807, 2.05) is 0 Å². The average Bonchev–Trinajstić information content (AvgIpc) is 3.21. The Morgan fingerprint density at radius 1 is 1.00 bits per heavy atom. The molecule has 0 spiro atoms.